The van der Waals surface area contributed by atoms with Crippen LogP contribution in [0.25, 0.3) is 0 Å². The number of pyridine rings is 1. The van der Waals surface area contributed by atoms with Crippen LogP contribution in [0, 0.1) is 0 Å². The standard InChI is InChI=1S/C19H31N5O.HI/c1-19(8-6-12-25-19)15-23-18(20-2)22-14-16-7-9-21-17(13-16)24-10-4-3-5-11-24;/h7,9,13H,3-6,8,10-12,14-15H2,1-2H3,(H2,20,22,23);1H. The Kier molecular flexibility index (Phi) is 8.40. The van der Waals surface area contributed by atoms with Gasteiger partial charge < -0.3 is 20.3 Å². The van der Waals surface area contributed by atoms with E-state index in [0.29, 0.717) is 0 Å². The summed E-state index contributed by atoms with van der Waals surface area (Å²) >= 11 is 0. The average molecular weight is 473 g/mol. The first-order valence-electron chi connectivity index (χ1n) is 9.47. The molecule has 0 radical (unpaired) electrons. The lowest BCUT2D eigenvalue weighted by molar-refractivity contribution is 0.0243. The number of anilines is 1. The smallest absolute Gasteiger partial charge is 0.191 e. The quantitative estimate of drug-likeness (QED) is 0.391. The van der Waals surface area contributed by atoms with Crippen molar-refractivity contribution in [1.82, 2.24) is 15.6 Å². The van der Waals surface area contributed by atoms with Crippen LogP contribution in [0.3, 0.4) is 0 Å². The van der Waals surface area contributed by atoms with E-state index < -0.39 is 0 Å². The molecule has 146 valence electrons. The van der Waals surface area contributed by atoms with Gasteiger partial charge in [-0.1, -0.05) is 0 Å². The van der Waals surface area contributed by atoms with E-state index in [4.69, 9.17) is 4.74 Å². The lowest BCUT2D eigenvalue weighted by Gasteiger charge is -2.28. The molecule has 0 saturated carbocycles. The Balaban J connectivity index is 0.00000243. The van der Waals surface area contributed by atoms with Crippen LogP contribution >= 0.6 is 24.0 Å². The highest BCUT2D eigenvalue weighted by Crippen LogP contribution is 2.23. The summed E-state index contributed by atoms with van der Waals surface area (Å²) in [6.45, 7) is 6.77. The number of halogens is 1. The Morgan fingerprint density at radius 2 is 2.08 bits per heavy atom. The zero-order chi connectivity index (χ0) is 17.5. The molecular weight excluding hydrogens is 441 g/mol. The maximum Gasteiger partial charge on any atom is 0.191 e. The number of guanidine groups is 1. The normalized spacial score (nSPS) is 23.5. The number of ether oxygens (including phenoxy) is 1. The zero-order valence-electron chi connectivity index (χ0n) is 16.0. The molecule has 1 aromatic heterocycles. The van der Waals surface area contributed by atoms with Gasteiger partial charge in [0.05, 0.1) is 5.60 Å². The average Bonchev–Trinajstić information content (AvgIpc) is 3.10. The third-order valence-corrected chi connectivity index (χ3v) is 5.10. The summed E-state index contributed by atoms with van der Waals surface area (Å²) in [4.78, 5) is 11.3. The molecule has 7 heteroatoms. The fourth-order valence-electron chi connectivity index (χ4n) is 3.52. The van der Waals surface area contributed by atoms with Crippen molar-refractivity contribution in [1.29, 1.82) is 0 Å². The highest BCUT2D eigenvalue weighted by atomic mass is 127. The van der Waals surface area contributed by atoms with Crippen LogP contribution in [0.4, 0.5) is 5.82 Å². The summed E-state index contributed by atoms with van der Waals surface area (Å²) in [5.74, 6) is 1.90. The van der Waals surface area contributed by atoms with Gasteiger partial charge in [0.15, 0.2) is 5.96 Å². The molecule has 2 aliphatic heterocycles. The van der Waals surface area contributed by atoms with Crippen LogP contribution < -0.4 is 15.5 Å². The van der Waals surface area contributed by atoms with E-state index in [-0.39, 0.29) is 29.6 Å². The Hall–Kier alpha value is -1.09. The van der Waals surface area contributed by atoms with Gasteiger partial charge in [-0.05, 0) is 56.7 Å². The number of aromatic nitrogens is 1. The summed E-state index contributed by atoms with van der Waals surface area (Å²) in [5, 5.41) is 6.78. The molecule has 2 N–H and O–H groups in total. The fourth-order valence-corrected chi connectivity index (χ4v) is 3.52. The summed E-state index contributed by atoms with van der Waals surface area (Å²) in [7, 11) is 1.80. The number of hydrogen-bond donors (Lipinski definition) is 2. The van der Waals surface area contributed by atoms with Crippen LogP contribution in [0.5, 0.6) is 0 Å². The third-order valence-electron chi connectivity index (χ3n) is 5.10. The molecule has 1 aromatic rings. The molecule has 1 unspecified atom stereocenters. The summed E-state index contributed by atoms with van der Waals surface area (Å²) in [6.07, 6.45) is 8.01. The molecule has 2 aliphatic rings. The molecule has 26 heavy (non-hydrogen) atoms. The molecule has 6 nitrogen and oxygen atoms in total. The van der Waals surface area contributed by atoms with Gasteiger partial charge >= 0.3 is 0 Å². The van der Waals surface area contributed by atoms with Crippen LogP contribution in [0.2, 0.25) is 0 Å². The van der Waals surface area contributed by atoms with Crippen LogP contribution in [0.15, 0.2) is 23.3 Å². The highest BCUT2D eigenvalue weighted by molar-refractivity contribution is 14.0. The van der Waals surface area contributed by atoms with E-state index in [2.05, 4.69) is 44.6 Å². The Labute approximate surface area is 174 Å². The van der Waals surface area contributed by atoms with Crippen molar-refractivity contribution in [2.45, 2.75) is 51.2 Å². The second-order valence-corrected chi connectivity index (χ2v) is 7.25. The second kappa shape index (κ2) is 10.3. The predicted octanol–water partition coefficient (Wildman–Crippen LogP) is 2.92. The molecule has 0 aliphatic carbocycles. The maximum absolute atomic E-state index is 5.82. The Morgan fingerprint density at radius 1 is 1.27 bits per heavy atom. The molecule has 3 heterocycles. The molecule has 2 fully saturated rings. The predicted molar refractivity (Wildman–Crippen MR) is 118 cm³/mol. The molecule has 2 saturated heterocycles. The van der Waals surface area contributed by atoms with Crippen molar-refractivity contribution >= 4 is 35.8 Å². The second-order valence-electron chi connectivity index (χ2n) is 7.25. The number of piperidine rings is 1. The van der Waals surface area contributed by atoms with Gasteiger partial charge in [0, 0.05) is 46.0 Å². The lowest BCUT2D eigenvalue weighted by Crippen LogP contribution is -2.45. The van der Waals surface area contributed by atoms with Gasteiger partial charge in [-0.2, -0.15) is 0 Å². The van der Waals surface area contributed by atoms with Gasteiger partial charge in [0.2, 0.25) is 0 Å². The fraction of sp³-hybridized carbons (Fsp3) is 0.684. The summed E-state index contributed by atoms with van der Waals surface area (Å²) in [5.41, 5.74) is 1.15. The Morgan fingerprint density at radius 3 is 2.77 bits per heavy atom. The maximum atomic E-state index is 5.82. The number of hydrogen-bond acceptors (Lipinski definition) is 4. The molecular formula is C19H32IN5O. The lowest BCUT2D eigenvalue weighted by atomic mass is 10.0. The van der Waals surface area contributed by atoms with Crippen molar-refractivity contribution in [2.24, 2.45) is 4.99 Å². The van der Waals surface area contributed by atoms with Crippen molar-refractivity contribution in [2.75, 3.05) is 38.2 Å². The molecule has 0 aromatic carbocycles. The van der Waals surface area contributed by atoms with E-state index in [1.165, 1.54) is 24.8 Å². The minimum absolute atomic E-state index is 0. The highest BCUT2D eigenvalue weighted by Gasteiger charge is 2.29. The van der Waals surface area contributed by atoms with Crippen molar-refractivity contribution in [3.05, 3.63) is 23.9 Å². The minimum Gasteiger partial charge on any atom is -0.373 e. The van der Waals surface area contributed by atoms with E-state index in [1.807, 2.05) is 6.20 Å². The number of aliphatic imine (C=N–C) groups is 1. The van der Waals surface area contributed by atoms with Crippen LogP contribution in [-0.4, -0.2) is 49.8 Å². The first-order chi connectivity index (χ1) is 12.2. The number of nitrogens with one attached hydrogen (secondary N) is 2. The van der Waals surface area contributed by atoms with Crippen molar-refractivity contribution < 1.29 is 4.74 Å². The summed E-state index contributed by atoms with van der Waals surface area (Å²) in [6, 6.07) is 4.25. The molecule has 3 rings (SSSR count). The van der Waals surface area contributed by atoms with Gasteiger partial charge in [0.1, 0.15) is 5.82 Å². The van der Waals surface area contributed by atoms with E-state index in [0.717, 1.165) is 57.4 Å². The monoisotopic (exact) mass is 473 g/mol. The minimum atomic E-state index is -0.0737. The largest absolute Gasteiger partial charge is 0.373 e. The molecule has 0 amide bonds. The van der Waals surface area contributed by atoms with E-state index in [1.54, 1.807) is 7.05 Å². The van der Waals surface area contributed by atoms with Gasteiger partial charge in [-0.25, -0.2) is 4.98 Å². The van der Waals surface area contributed by atoms with Crippen LogP contribution in [0.1, 0.15) is 44.6 Å². The van der Waals surface area contributed by atoms with Gasteiger partial charge in [-0.3, -0.25) is 4.99 Å². The van der Waals surface area contributed by atoms with Crippen molar-refractivity contribution in [3.63, 3.8) is 0 Å². The SMILES string of the molecule is CN=C(NCc1ccnc(N2CCCCC2)c1)NCC1(C)CCCO1.I. The topological polar surface area (TPSA) is 61.8 Å². The number of rotatable bonds is 5. The zero-order valence-corrected chi connectivity index (χ0v) is 18.3. The first-order valence-corrected chi connectivity index (χ1v) is 9.47. The Bertz CT molecular complexity index is 583. The molecule has 0 bridgehead atoms. The van der Waals surface area contributed by atoms with E-state index >= 15 is 0 Å². The van der Waals surface area contributed by atoms with E-state index in [9.17, 15) is 0 Å². The first kappa shape index (κ1) is 21.2. The number of nitrogens with zero attached hydrogens (tertiary/aromatic N) is 3. The molecule has 0 spiro atoms. The summed E-state index contributed by atoms with van der Waals surface area (Å²) < 4.78 is 5.82. The third kappa shape index (κ3) is 5.97. The van der Waals surface area contributed by atoms with Crippen LogP contribution in [-0.2, 0) is 11.3 Å². The van der Waals surface area contributed by atoms with Gasteiger partial charge in [0.25, 0.3) is 0 Å². The molecule has 1 atom stereocenters. The van der Waals surface area contributed by atoms with Gasteiger partial charge in [-0.15, -0.1) is 24.0 Å². The van der Waals surface area contributed by atoms with Crippen molar-refractivity contribution in [3.8, 4) is 0 Å².